The first-order chi connectivity index (χ1) is 27.5. The molecule has 0 aromatic carbocycles. The van der Waals surface area contributed by atoms with E-state index in [1.54, 1.807) is 0 Å². The van der Waals surface area contributed by atoms with E-state index in [9.17, 15) is 48.9 Å². The quantitative estimate of drug-likeness (QED) is 0.250. The number of hydrogen-bond donors (Lipinski definition) is 3. The summed E-state index contributed by atoms with van der Waals surface area (Å²) in [6.07, 6.45) is -10.1. The molecule has 320 valence electrons. The van der Waals surface area contributed by atoms with E-state index in [-0.39, 0.29) is 23.2 Å². The number of aliphatic hydroxyl groups excluding tert-OH is 1. The molecule has 4 heterocycles. The predicted molar refractivity (Wildman–Crippen MR) is 189 cm³/mol. The maximum absolute atomic E-state index is 14.2. The predicted octanol–water partition coefficient (Wildman–Crippen LogP) is 0.294. The lowest BCUT2D eigenvalue weighted by atomic mass is 9.45. The number of carbonyl (C=O) groups excluding carboxylic acids is 7. The van der Waals surface area contributed by atoms with Crippen LogP contribution in [-0.4, -0.2) is 134 Å². The fourth-order valence-electron chi connectivity index (χ4n) is 9.21. The van der Waals surface area contributed by atoms with Gasteiger partial charge in [0.25, 0.3) is 0 Å². The Labute approximate surface area is 336 Å². The Bertz CT molecular complexity index is 2030. The first-order valence-electron chi connectivity index (χ1n) is 18.6. The highest BCUT2D eigenvalue weighted by Gasteiger charge is 2.91. The van der Waals surface area contributed by atoms with Gasteiger partial charge in [-0.3, -0.25) is 24.2 Å². The maximum atomic E-state index is 14.2. The van der Waals surface area contributed by atoms with Crippen LogP contribution in [0, 0.1) is 11.3 Å². The number of furan rings is 1. The van der Waals surface area contributed by atoms with E-state index < -0.39 is 132 Å². The SMILES string of the molecule is CC(=O)OCC12C(O)C(OC(=O)c3ccoc3)C3OC(=O)C(C)(O)CCc4ncccc4C(=O)OCC4(C)OC1(C(OC(C)=O)C4C(OC(C)=O)C2OC(C)=O)C3(C)O. The zero-order valence-corrected chi connectivity index (χ0v) is 33.2. The molecule has 59 heavy (non-hydrogen) atoms. The lowest BCUT2D eigenvalue weighted by molar-refractivity contribution is -0.386. The largest absolute Gasteiger partial charge is 0.472 e. The smallest absolute Gasteiger partial charge is 0.341 e. The van der Waals surface area contributed by atoms with E-state index in [0.29, 0.717) is 0 Å². The molecule has 2 aliphatic heterocycles. The van der Waals surface area contributed by atoms with Crippen LogP contribution in [0.25, 0.3) is 0 Å². The second kappa shape index (κ2) is 15.3. The number of carbonyl (C=O) groups is 7. The Kier molecular flexibility index (Phi) is 11.2. The van der Waals surface area contributed by atoms with Crippen molar-refractivity contribution < 1.29 is 91.2 Å². The number of aryl methyl sites for hydroxylation is 1. The van der Waals surface area contributed by atoms with Crippen molar-refractivity contribution in [3.63, 3.8) is 0 Å². The molecular formula is C39H45NO19. The average molecular weight is 832 g/mol. The number of aromatic nitrogens is 1. The molecule has 3 N–H and O–H groups in total. The van der Waals surface area contributed by atoms with Gasteiger partial charge < -0.3 is 57.6 Å². The van der Waals surface area contributed by atoms with Gasteiger partial charge in [0.05, 0.1) is 29.0 Å². The van der Waals surface area contributed by atoms with E-state index >= 15 is 0 Å². The molecule has 2 aromatic heterocycles. The van der Waals surface area contributed by atoms with E-state index in [2.05, 4.69) is 4.98 Å². The molecule has 1 saturated heterocycles. The molecular weight excluding hydrogens is 786 g/mol. The highest BCUT2D eigenvalue weighted by Crippen LogP contribution is 2.69. The first-order valence-corrected chi connectivity index (χ1v) is 18.6. The standard InChI is InChI=1S/C39H45NO19/c1-18(41)52-17-38-28(45)27(57-32(46)22-11-14-51-15-22)30-37(7,50)39(38)29(55-20(3)43)25(26(54-19(2)42)31(38)56-21(4)44)36(6,59-39)16-53-33(47)23-9-8-13-40-24(23)10-12-35(5,49)34(48)58-30/h8-9,11,13-15,25-31,45,49-50H,10,12,16-17H2,1-7H3. The number of aliphatic hydroxyl groups is 3. The van der Waals surface area contributed by atoms with Gasteiger partial charge in [-0.25, -0.2) is 14.4 Å². The zero-order valence-electron chi connectivity index (χ0n) is 33.2. The molecule has 0 amide bonds. The minimum absolute atomic E-state index is 0.0864. The molecule has 4 bridgehead atoms. The van der Waals surface area contributed by atoms with Crippen LogP contribution < -0.4 is 0 Å². The Morgan fingerprint density at radius 2 is 1.54 bits per heavy atom. The van der Waals surface area contributed by atoms with Gasteiger partial charge in [0.1, 0.15) is 54.4 Å². The van der Waals surface area contributed by atoms with E-state index in [0.717, 1.165) is 54.1 Å². The Morgan fingerprint density at radius 1 is 0.881 bits per heavy atom. The number of nitrogens with zero attached hydrogens (tertiary/aromatic N) is 1. The maximum Gasteiger partial charge on any atom is 0.341 e. The van der Waals surface area contributed by atoms with Crippen LogP contribution >= 0.6 is 0 Å². The highest BCUT2D eigenvalue weighted by atomic mass is 16.7. The molecule has 0 radical (unpaired) electrons. The molecule has 20 heteroatoms. The monoisotopic (exact) mass is 831 g/mol. The number of esters is 7. The van der Waals surface area contributed by atoms with Crippen LogP contribution in [0.3, 0.4) is 0 Å². The lowest BCUT2D eigenvalue weighted by Gasteiger charge is -2.67. The van der Waals surface area contributed by atoms with Crippen molar-refractivity contribution in [2.75, 3.05) is 13.2 Å². The van der Waals surface area contributed by atoms with E-state index in [4.69, 9.17) is 42.3 Å². The summed E-state index contributed by atoms with van der Waals surface area (Å²) in [5, 5.41) is 38.0. The fraction of sp³-hybridized carbons (Fsp3) is 0.590. The van der Waals surface area contributed by atoms with Gasteiger partial charge in [0, 0.05) is 33.9 Å². The van der Waals surface area contributed by atoms with Gasteiger partial charge in [0.2, 0.25) is 0 Å². The van der Waals surface area contributed by atoms with Crippen molar-refractivity contribution >= 4 is 41.8 Å². The molecule has 1 spiro atoms. The second-order valence-electron chi connectivity index (χ2n) is 15.8. The third-order valence-corrected chi connectivity index (χ3v) is 11.6. The molecule has 20 nitrogen and oxygen atoms in total. The van der Waals surface area contributed by atoms with Gasteiger partial charge in [-0.05, 0) is 51.8 Å². The van der Waals surface area contributed by atoms with Crippen LogP contribution in [0.4, 0.5) is 0 Å². The van der Waals surface area contributed by atoms with Gasteiger partial charge in [-0.2, -0.15) is 0 Å². The van der Waals surface area contributed by atoms with Crippen LogP contribution in [0.2, 0.25) is 0 Å². The molecule has 4 aliphatic rings. The Hall–Kier alpha value is -5.44. The summed E-state index contributed by atoms with van der Waals surface area (Å²) in [4.78, 5) is 98.2. The lowest BCUT2D eigenvalue weighted by Crippen LogP contribution is -2.89. The Balaban J connectivity index is 1.73. The van der Waals surface area contributed by atoms with Gasteiger partial charge in [-0.15, -0.1) is 0 Å². The number of pyridine rings is 1. The number of fused-ring (bicyclic) bond motifs is 5. The van der Waals surface area contributed by atoms with E-state index in [1.807, 2.05) is 0 Å². The number of hydrogen-bond acceptors (Lipinski definition) is 20. The average Bonchev–Trinajstić information content (AvgIpc) is 3.76. The summed E-state index contributed by atoms with van der Waals surface area (Å²) < 4.78 is 52.8. The van der Waals surface area contributed by atoms with Crippen molar-refractivity contribution in [1.82, 2.24) is 4.98 Å². The minimum atomic E-state index is -2.95. The van der Waals surface area contributed by atoms with Gasteiger partial charge in [-0.1, -0.05) is 0 Å². The van der Waals surface area contributed by atoms with Crippen LogP contribution in [0.5, 0.6) is 0 Å². The Morgan fingerprint density at radius 3 is 2.15 bits per heavy atom. The molecule has 3 fully saturated rings. The van der Waals surface area contributed by atoms with Crippen molar-refractivity contribution in [2.45, 2.75) is 120 Å². The highest BCUT2D eigenvalue weighted by molar-refractivity contribution is 5.91. The minimum Gasteiger partial charge on any atom is -0.472 e. The van der Waals surface area contributed by atoms with Crippen molar-refractivity contribution in [1.29, 1.82) is 0 Å². The summed E-state index contributed by atoms with van der Waals surface area (Å²) in [5.41, 5.74) is -13.3. The third kappa shape index (κ3) is 7.00. The summed E-state index contributed by atoms with van der Waals surface area (Å²) in [6.45, 7) is 5.42. The summed E-state index contributed by atoms with van der Waals surface area (Å²) in [7, 11) is 0. The fourth-order valence-corrected chi connectivity index (χ4v) is 9.21. The van der Waals surface area contributed by atoms with E-state index in [1.165, 1.54) is 31.3 Å². The summed E-state index contributed by atoms with van der Waals surface area (Å²) in [6, 6.07) is 4.01. The van der Waals surface area contributed by atoms with Gasteiger partial charge in [0.15, 0.2) is 29.5 Å². The van der Waals surface area contributed by atoms with Crippen LogP contribution in [0.15, 0.2) is 41.3 Å². The number of ether oxygens (including phenoxy) is 8. The first kappa shape index (κ1) is 43.1. The van der Waals surface area contributed by atoms with Crippen molar-refractivity contribution in [3.05, 3.63) is 53.7 Å². The molecule has 2 aromatic rings. The van der Waals surface area contributed by atoms with Gasteiger partial charge >= 0.3 is 41.8 Å². The second-order valence-corrected chi connectivity index (χ2v) is 15.8. The number of rotatable bonds is 7. The topological polar surface area (TPSA) is 280 Å². The molecule has 12 atom stereocenters. The summed E-state index contributed by atoms with van der Waals surface area (Å²) >= 11 is 0. The zero-order chi connectivity index (χ0) is 43.5. The van der Waals surface area contributed by atoms with Crippen LogP contribution in [-0.2, 0) is 68.3 Å². The molecule has 12 unspecified atom stereocenters. The summed E-state index contributed by atoms with van der Waals surface area (Å²) in [5.74, 6) is -9.36. The van der Waals surface area contributed by atoms with Crippen LogP contribution in [0.1, 0.15) is 81.3 Å². The third-order valence-electron chi connectivity index (χ3n) is 11.6. The molecule has 2 aliphatic carbocycles. The molecule has 2 saturated carbocycles. The molecule has 6 rings (SSSR count). The normalized spacial score (nSPS) is 37.6. The number of cyclic esters (lactones) is 1. The van der Waals surface area contributed by atoms with Crippen molar-refractivity contribution in [3.8, 4) is 0 Å². The van der Waals surface area contributed by atoms with Crippen molar-refractivity contribution in [2.24, 2.45) is 11.3 Å².